The highest BCUT2D eigenvalue weighted by Gasteiger charge is 2.61. The maximum Gasteiger partial charge on any atom is 0.461 e. The number of aromatic nitrogens is 2. The SMILES string of the molecule is Cc1cc(C(=O)O)ccc1-c1cccc(C[C@H](CC(=O)C2CCC(CNC(=O)OC(C)(C)C)CC2)C(=O)Nc2ccc3nc(C(F)(F)C(F)(F)F)[nH]c3c2)c1. The van der Waals surface area contributed by atoms with E-state index in [1.165, 1.54) is 24.3 Å². The number of fused-ring (bicyclic) bond motifs is 1. The fourth-order valence-electron chi connectivity index (χ4n) is 6.78. The lowest BCUT2D eigenvalue weighted by Gasteiger charge is -2.29. The van der Waals surface area contributed by atoms with E-state index in [0.29, 0.717) is 37.8 Å². The number of carbonyl (C=O) groups excluding carboxylic acids is 3. The number of rotatable bonds is 12. The number of nitrogens with zero attached hydrogens (tertiary/aromatic N) is 1. The number of aromatic amines is 1. The Labute approximate surface area is 314 Å². The summed E-state index contributed by atoms with van der Waals surface area (Å²) in [6.45, 7) is 7.51. The van der Waals surface area contributed by atoms with Gasteiger partial charge in [0.2, 0.25) is 5.91 Å². The predicted octanol–water partition coefficient (Wildman–Crippen LogP) is 8.98. The fraction of sp³-hybridized carbons (Fsp3) is 0.425. The number of alkyl carbamates (subject to hydrolysis) is 1. The van der Waals surface area contributed by atoms with Gasteiger partial charge in [0.05, 0.1) is 16.6 Å². The largest absolute Gasteiger partial charge is 0.478 e. The molecular formula is C40H43F5N4O6. The van der Waals surface area contributed by atoms with Crippen molar-refractivity contribution in [2.24, 2.45) is 17.8 Å². The van der Waals surface area contributed by atoms with E-state index in [1.54, 1.807) is 52.0 Å². The van der Waals surface area contributed by atoms with Crippen molar-refractivity contribution in [3.05, 3.63) is 83.2 Å². The Hall–Kier alpha value is -5.34. The molecule has 15 heteroatoms. The van der Waals surface area contributed by atoms with Crippen LogP contribution in [0.3, 0.4) is 0 Å². The van der Waals surface area contributed by atoms with Crippen molar-refractivity contribution in [2.75, 3.05) is 11.9 Å². The number of aromatic carboxylic acids is 1. The van der Waals surface area contributed by atoms with Gasteiger partial charge < -0.3 is 25.5 Å². The van der Waals surface area contributed by atoms with Crippen LogP contribution < -0.4 is 10.6 Å². The minimum Gasteiger partial charge on any atom is -0.478 e. The lowest BCUT2D eigenvalue weighted by atomic mass is 9.77. The number of carboxylic acid groups (broad SMARTS) is 1. The monoisotopic (exact) mass is 770 g/mol. The molecule has 0 saturated heterocycles. The second-order valence-corrected chi connectivity index (χ2v) is 15.1. The standard InChI is InChI=1S/C40H43F5N4O6/c1-22-16-27(35(52)53)12-14-30(22)26-7-5-6-24(17-26)18-28(19-33(50)25-10-8-23(9-11-25)21-46-37(54)55-38(2,3)4)34(51)47-29-13-15-31-32(20-29)49-36(48-31)39(41,42)40(43,44)45/h5-7,12-17,20,23,25,28H,8-11,18-19,21H2,1-4H3,(H,46,54)(H,47,51)(H,48,49)(H,52,53)/t23?,25?,28-/m1/s1. The van der Waals surface area contributed by atoms with E-state index in [0.717, 1.165) is 16.7 Å². The number of nitrogens with one attached hydrogen (secondary N) is 3. The number of carboxylic acids is 1. The molecule has 1 aliphatic rings. The van der Waals surface area contributed by atoms with Crippen LogP contribution >= 0.6 is 0 Å². The van der Waals surface area contributed by atoms with Crippen LogP contribution in [0.25, 0.3) is 22.2 Å². The number of hydrogen-bond donors (Lipinski definition) is 4. The molecule has 5 rings (SSSR count). The Balaban J connectivity index is 1.33. The maximum absolute atomic E-state index is 14.0. The van der Waals surface area contributed by atoms with Crippen molar-refractivity contribution in [1.29, 1.82) is 0 Å². The van der Waals surface area contributed by atoms with Crippen LogP contribution in [0, 0.1) is 24.7 Å². The summed E-state index contributed by atoms with van der Waals surface area (Å²) in [5.41, 5.74) is 2.28. The number of ketones is 1. The average Bonchev–Trinajstić information content (AvgIpc) is 3.54. The Morgan fingerprint density at radius 2 is 1.65 bits per heavy atom. The minimum atomic E-state index is -5.87. The molecule has 2 amide bonds. The van der Waals surface area contributed by atoms with Gasteiger partial charge in [0.1, 0.15) is 11.4 Å². The zero-order valence-corrected chi connectivity index (χ0v) is 30.8. The number of alkyl halides is 5. The summed E-state index contributed by atoms with van der Waals surface area (Å²) in [4.78, 5) is 56.7. The van der Waals surface area contributed by atoms with Crippen LogP contribution in [0.1, 0.15) is 80.2 Å². The molecule has 0 radical (unpaired) electrons. The van der Waals surface area contributed by atoms with Gasteiger partial charge in [-0.3, -0.25) is 9.59 Å². The van der Waals surface area contributed by atoms with E-state index in [4.69, 9.17) is 4.74 Å². The molecule has 0 spiro atoms. The van der Waals surface area contributed by atoms with Gasteiger partial charge >= 0.3 is 24.2 Å². The summed E-state index contributed by atoms with van der Waals surface area (Å²) in [7, 11) is 0. The number of benzene rings is 3. The second-order valence-electron chi connectivity index (χ2n) is 15.1. The lowest BCUT2D eigenvalue weighted by molar-refractivity contribution is -0.292. The third-order valence-corrected chi connectivity index (χ3v) is 9.65. The molecule has 1 atom stereocenters. The molecular weight excluding hydrogens is 727 g/mol. The van der Waals surface area contributed by atoms with Gasteiger partial charge in [-0.2, -0.15) is 22.0 Å². The zero-order chi connectivity index (χ0) is 40.3. The van der Waals surface area contributed by atoms with Crippen molar-refractivity contribution in [2.45, 2.75) is 83.9 Å². The van der Waals surface area contributed by atoms with Gasteiger partial charge in [-0.1, -0.05) is 30.3 Å². The van der Waals surface area contributed by atoms with Crippen molar-refractivity contribution in [1.82, 2.24) is 15.3 Å². The molecule has 0 unspecified atom stereocenters. The van der Waals surface area contributed by atoms with Gasteiger partial charge in [0.25, 0.3) is 0 Å². The second kappa shape index (κ2) is 16.2. The summed E-state index contributed by atoms with van der Waals surface area (Å²) in [6, 6.07) is 15.8. The molecule has 4 N–H and O–H groups in total. The number of amides is 2. The molecule has 10 nitrogen and oxygen atoms in total. The van der Waals surface area contributed by atoms with Gasteiger partial charge in [0, 0.05) is 30.5 Å². The van der Waals surface area contributed by atoms with Gasteiger partial charge in [-0.15, -0.1) is 0 Å². The topological polar surface area (TPSA) is 150 Å². The summed E-state index contributed by atoms with van der Waals surface area (Å²) in [5, 5.41) is 14.9. The van der Waals surface area contributed by atoms with Crippen LogP contribution in [-0.4, -0.2) is 57.1 Å². The molecule has 4 aromatic rings. The first-order valence-corrected chi connectivity index (χ1v) is 17.9. The molecule has 1 saturated carbocycles. The fourth-order valence-corrected chi connectivity index (χ4v) is 6.78. The normalized spacial score (nSPS) is 17.0. The van der Waals surface area contributed by atoms with Gasteiger partial charge in [0.15, 0.2) is 5.82 Å². The van der Waals surface area contributed by atoms with E-state index in [2.05, 4.69) is 15.6 Å². The molecule has 3 aromatic carbocycles. The molecule has 0 aliphatic heterocycles. The Bertz CT molecular complexity index is 2060. The van der Waals surface area contributed by atoms with E-state index in [9.17, 15) is 46.2 Å². The highest BCUT2D eigenvalue weighted by atomic mass is 19.4. The van der Waals surface area contributed by atoms with Crippen molar-refractivity contribution >= 4 is 40.5 Å². The number of carbonyl (C=O) groups is 4. The van der Waals surface area contributed by atoms with Gasteiger partial charge in [-0.05, 0) is 118 Å². The van der Waals surface area contributed by atoms with E-state index in [-0.39, 0.29) is 52.7 Å². The maximum atomic E-state index is 14.0. The molecule has 0 bridgehead atoms. The zero-order valence-electron chi connectivity index (χ0n) is 30.8. The Morgan fingerprint density at radius 3 is 2.29 bits per heavy atom. The molecule has 1 aromatic heterocycles. The number of H-pyrrole nitrogens is 1. The molecule has 1 fully saturated rings. The summed E-state index contributed by atoms with van der Waals surface area (Å²) in [5.74, 6) is -9.59. The van der Waals surface area contributed by atoms with E-state index >= 15 is 0 Å². The number of Topliss-reactive ketones (excluding diaryl/α,β-unsaturated/α-hetero) is 1. The van der Waals surface area contributed by atoms with Gasteiger partial charge in [-0.25, -0.2) is 14.6 Å². The minimum absolute atomic E-state index is 0.0985. The number of hydrogen-bond acceptors (Lipinski definition) is 6. The van der Waals surface area contributed by atoms with Crippen molar-refractivity contribution < 1.29 is 51.0 Å². The number of ether oxygens (including phenoxy) is 1. The van der Waals surface area contributed by atoms with Crippen LogP contribution in [0.15, 0.2) is 60.7 Å². The quantitative estimate of drug-likeness (QED) is 0.105. The average molecular weight is 771 g/mol. The first kappa shape index (κ1) is 40.8. The smallest absolute Gasteiger partial charge is 0.461 e. The summed E-state index contributed by atoms with van der Waals surface area (Å²) < 4.78 is 72.2. The van der Waals surface area contributed by atoms with Crippen LogP contribution in [0.2, 0.25) is 0 Å². The number of halogens is 5. The summed E-state index contributed by atoms with van der Waals surface area (Å²) in [6.07, 6.45) is -3.88. The highest BCUT2D eigenvalue weighted by Crippen LogP contribution is 2.43. The molecule has 1 aliphatic carbocycles. The molecule has 1 heterocycles. The third kappa shape index (κ3) is 10.3. The first-order valence-electron chi connectivity index (χ1n) is 17.9. The van der Waals surface area contributed by atoms with Crippen molar-refractivity contribution in [3.63, 3.8) is 0 Å². The molecule has 294 valence electrons. The number of aryl methyl sites for hydroxylation is 1. The van der Waals surface area contributed by atoms with E-state index < -0.39 is 47.4 Å². The molecule has 55 heavy (non-hydrogen) atoms. The number of anilines is 1. The van der Waals surface area contributed by atoms with Crippen molar-refractivity contribution in [3.8, 4) is 11.1 Å². The Morgan fingerprint density at radius 1 is 0.945 bits per heavy atom. The summed E-state index contributed by atoms with van der Waals surface area (Å²) >= 11 is 0. The first-order chi connectivity index (χ1) is 25.7. The van der Waals surface area contributed by atoms with Crippen LogP contribution in [0.4, 0.5) is 32.4 Å². The van der Waals surface area contributed by atoms with E-state index in [1.807, 2.05) is 17.1 Å². The third-order valence-electron chi connectivity index (χ3n) is 9.65. The Kier molecular flexibility index (Phi) is 12.0. The van der Waals surface area contributed by atoms with Crippen LogP contribution in [-0.2, 0) is 26.7 Å². The predicted molar refractivity (Wildman–Crippen MR) is 195 cm³/mol. The highest BCUT2D eigenvalue weighted by molar-refractivity contribution is 5.97. The number of imidazole rings is 1. The van der Waals surface area contributed by atoms with Crippen LogP contribution in [0.5, 0.6) is 0 Å². The lowest BCUT2D eigenvalue weighted by Crippen LogP contribution is -2.37.